The molecule has 1 amide bonds. The largest absolute Gasteiger partial charge is 0.469 e. The van der Waals surface area contributed by atoms with Crippen molar-refractivity contribution in [3.8, 4) is 0 Å². The summed E-state index contributed by atoms with van der Waals surface area (Å²) in [6.45, 7) is 0.121. The zero-order valence-electron chi connectivity index (χ0n) is 10.6. The van der Waals surface area contributed by atoms with Crippen LogP contribution in [-0.2, 0) is 6.42 Å². The van der Waals surface area contributed by atoms with Gasteiger partial charge in [0.2, 0.25) is 5.82 Å². The van der Waals surface area contributed by atoms with Gasteiger partial charge in [0.1, 0.15) is 11.6 Å². The molecule has 8 heteroatoms. The van der Waals surface area contributed by atoms with Crippen LogP contribution in [0.3, 0.4) is 0 Å². The third kappa shape index (κ3) is 3.41. The number of nitrogens with zero attached hydrogens (tertiary/aromatic N) is 1. The normalized spacial score (nSPS) is 10.4. The van der Waals surface area contributed by atoms with E-state index in [2.05, 4.69) is 5.32 Å². The third-order valence-corrected chi connectivity index (χ3v) is 2.70. The van der Waals surface area contributed by atoms with Gasteiger partial charge in [-0.2, -0.15) is 4.39 Å². The molecule has 1 aromatic carbocycles. The fourth-order valence-electron chi connectivity index (χ4n) is 1.72. The van der Waals surface area contributed by atoms with Crippen LogP contribution >= 0.6 is 0 Å². The molecule has 110 valence electrons. The van der Waals surface area contributed by atoms with Gasteiger partial charge in [0.05, 0.1) is 22.8 Å². The number of benzene rings is 1. The average Bonchev–Trinajstić information content (AvgIpc) is 2.93. The van der Waals surface area contributed by atoms with Crippen molar-refractivity contribution in [1.82, 2.24) is 5.32 Å². The topological polar surface area (TPSA) is 85.4 Å². The van der Waals surface area contributed by atoms with Crippen LogP contribution < -0.4 is 5.32 Å². The Bertz CT molecular complexity index is 671. The molecule has 0 fully saturated rings. The average molecular weight is 296 g/mol. The number of nitro groups is 1. The van der Waals surface area contributed by atoms with E-state index >= 15 is 0 Å². The van der Waals surface area contributed by atoms with Crippen LogP contribution in [0.15, 0.2) is 34.9 Å². The Balaban J connectivity index is 2.10. The zero-order chi connectivity index (χ0) is 15.4. The van der Waals surface area contributed by atoms with Crippen molar-refractivity contribution in [2.45, 2.75) is 6.42 Å². The van der Waals surface area contributed by atoms with Crippen LogP contribution in [0.5, 0.6) is 0 Å². The second-order valence-corrected chi connectivity index (χ2v) is 4.13. The lowest BCUT2D eigenvalue weighted by atomic mass is 10.1. The highest BCUT2D eigenvalue weighted by molar-refractivity contribution is 5.95. The van der Waals surface area contributed by atoms with Crippen LogP contribution in [0.25, 0.3) is 0 Å². The van der Waals surface area contributed by atoms with Gasteiger partial charge >= 0.3 is 5.69 Å². The standard InChI is InChI=1S/C13H10F2N2O4/c14-8-6-10(12(15)11(7-8)17(19)20)13(18)16-4-3-9-2-1-5-21-9/h1-2,5-7H,3-4H2,(H,16,18). The summed E-state index contributed by atoms with van der Waals surface area (Å²) < 4.78 is 32.0. The molecule has 0 saturated carbocycles. The molecule has 0 saturated heterocycles. The molecule has 21 heavy (non-hydrogen) atoms. The van der Waals surface area contributed by atoms with Crippen LogP contribution in [0.4, 0.5) is 14.5 Å². The summed E-state index contributed by atoms with van der Waals surface area (Å²) in [5, 5.41) is 12.9. The molecule has 0 radical (unpaired) electrons. The minimum atomic E-state index is -1.36. The van der Waals surface area contributed by atoms with E-state index in [-0.39, 0.29) is 6.54 Å². The Hall–Kier alpha value is -2.77. The number of furan rings is 1. The number of halogens is 2. The van der Waals surface area contributed by atoms with Gasteiger partial charge in [-0.05, 0) is 18.2 Å². The van der Waals surface area contributed by atoms with Crippen LogP contribution in [0.1, 0.15) is 16.1 Å². The molecule has 0 atom stereocenters. The summed E-state index contributed by atoms with van der Waals surface area (Å²) >= 11 is 0. The lowest BCUT2D eigenvalue weighted by Gasteiger charge is -2.06. The fraction of sp³-hybridized carbons (Fsp3) is 0.154. The predicted octanol–water partition coefficient (Wildman–Crippen LogP) is 2.44. The number of carbonyl (C=O) groups is 1. The Labute approximate surface area is 117 Å². The summed E-state index contributed by atoms with van der Waals surface area (Å²) in [6, 6.07) is 4.41. The molecule has 1 heterocycles. The van der Waals surface area contributed by atoms with E-state index in [1.165, 1.54) is 6.26 Å². The van der Waals surface area contributed by atoms with E-state index in [0.29, 0.717) is 24.3 Å². The first-order valence-electron chi connectivity index (χ1n) is 5.93. The van der Waals surface area contributed by atoms with Gasteiger partial charge in [-0.1, -0.05) is 0 Å². The molecule has 0 unspecified atom stereocenters. The first-order chi connectivity index (χ1) is 9.99. The number of rotatable bonds is 5. The van der Waals surface area contributed by atoms with Gasteiger partial charge in [0, 0.05) is 13.0 Å². The van der Waals surface area contributed by atoms with E-state index in [1.54, 1.807) is 12.1 Å². The molecular formula is C13H10F2N2O4. The Morgan fingerprint density at radius 1 is 1.38 bits per heavy atom. The minimum absolute atomic E-state index is 0.121. The molecular weight excluding hydrogens is 286 g/mol. The zero-order valence-corrected chi connectivity index (χ0v) is 10.6. The maximum Gasteiger partial charge on any atom is 0.308 e. The molecule has 0 aliphatic heterocycles. The lowest BCUT2D eigenvalue weighted by Crippen LogP contribution is -2.27. The van der Waals surface area contributed by atoms with Crippen molar-refractivity contribution in [1.29, 1.82) is 0 Å². The van der Waals surface area contributed by atoms with Gasteiger partial charge in [-0.25, -0.2) is 4.39 Å². The SMILES string of the molecule is O=C(NCCc1ccco1)c1cc(F)cc([N+](=O)[O-])c1F. The second kappa shape index (κ2) is 6.12. The number of hydrogen-bond donors (Lipinski definition) is 1. The maximum atomic E-state index is 13.8. The van der Waals surface area contributed by atoms with E-state index in [1.807, 2.05) is 0 Å². The highest BCUT2D eigenvalue weighted by Gasteiger charge is 2.24. The smallest absolute Gasteiger partial charge is 0.308 e. The quantitative estimate of drug-likeness (QED) is 0.678. The Morgan fingerprint density at radius 2 is 2.14 bits per heavy atom. The molecule has 0 aliphatic carbocycles. The summed E-state index contributed by atoms with van der Waals surface area (Å²) in [5.74, 6) is -2.74. The highest BCUT2D eigenvalue weighted by atomic mass is 19.1. The molecule has 1 aromatic heterocycles. The lowest BCUT2D eigenvalue weighted by molar-refractivity contribution is -0.387. The Kier molecular flexibility index (Phi) is 4.27. The van der Waals surface area contributed by atoms with Crippen molar-refractivity contribution in [3.05, 3.63) is 63.6 Å². The van der Waals surface area contributed by atoms with Crippen molar-refractivity contribution < 1.29 is 22.9 Å². The van der Waals surface area contributed by atoms with Gasteiger partial charge in [0.25, 0.3) is 5.91 Å². The van der Waals surface area contributed by atoms with Crippen molar-refractivity contribution in [2.24, 2.45) is 0 Å². The van der Waals surface area contributed by atoms with E-state index < -0.39 is 33.7 Å². The molecule has 2 aromatic rings. The van der Waals surface area contributed by atoms with Crippen LogP contribution in [0, 0.1) is 21.7 Å². The molecule has 1 N–H and O–H groups in total. The van der Waals surface area contributed by atoms with Crippen LogP contribution in [0.2, 0.25) is 0 Å². The minimum Gasteiger partial charge on any atom is -0.469 e. The molecule has 6 nitrogen and oxygen atoms in total. The van der Waals surface area contributed by atoms with E-state index in [4.69, 9.17) is 4.42 Å². The second-order valence-electron chi connectivity index (χ2n) is 4.13. The van der Waals surface area contributed by atoms with Crippen molar-refractivity contribution in [3.63, 3.8) is 0 Å². The fourth-order valence-corrected chi connectivity index (χ4v) is 1.72. The first kappa shape index (κ1) is 14.6. The van der Waals surface area contributed by atoms with Crippen molar-refractivity contribution >= 4 is 11.6 Å². The highest BCUT2D eigenvalue weighted by Crippen LogP contribution is 2.22. The van der Waals surface area contributed by atoms with Crippen LogP contribution in [-0.4, -0.2) is 17.4 Å². The first-order valence-corrected chi connectivity index (χ1v) is 5.93. The van der Waals surface area contributed by atoms with Gasteiger partial charge in [-0.15, -0.1) is 0 Å². The predicted molar refractivity (Wildman–Crippen MR) is 67.8 cm³/mol. The summed E-state index contributed by atoms with van der Waals surface area (Å²) in [5.41, 5.74) is -1.78. The molecule has 0 spiro atoms. The van der Waals surface area contributed by atoms with E-state index in [9.17, 15) is 23.7 Å². The third-order valence-electron chi connectivity index (χ3n) is 2.70. The van der Waals surface area contributed by atoms with Gasteiger partial charge < -0.3 is 9.73 Å². The number of hydrogen-bond acceptors (Lipinski definition) is 4. The molecule has 0 aliphatic rings. The number of nitrogens with one attached hydrogen (secondary N) is 1. The summed E-state index contributed by atoms with van der Waals surface area (Å²) in [4.78, 5) is 21.2. The number of amides is 1. The monoisotopic (exact) mass is 296 g/mol. The molecule has 2 rings (SSSR count). The van der Waals surface area contributed by atoms with Gasteiger partial charge in [0.15, 0.2) is 0 Å². The van der Waals surface area contributed by atoms with Gasteiger partial charge in [-0.3, -0.25) is 14.9 Å². The summed E-state index contributed by atoms with van der Waals surface area (Å²) in [7, 11) is 0. The van der Waals surface area contributed by atoms with Crippen molar-refractivity contribution in [2.75, 3.05) is 6.54 Å². The number of carbonyl (C=O) groups excluding carboxylic acids is 1. The number of nitro benzene ring substituents is 1. The van der Waals surface area contributed by atoms with E-state index in [0.717, 1.165) is 0 Å². The molecule has 0 bridgehead atoms. The maximum absolute atomic E-state index is 13.8. The Morgan fingerprint density at radius 3 is 2.76 bits per heavy atom. The summed E-state index contributed by atoms with van der Waals surface area (Å²) in [6.07, 6.45) is 1.82.